The lowest BCUT2D eigenvalue weighted by Gasteiger charge is -2.32. The highest BCUT2D eigenvalue weighted by molar-refractivity contribution is 5.78. The third-order valence-electron chi connectivity index (χ3n) is 5.27. The number of amides is 1. The van der Waals surface area contributed by atoms with Crippen LogP contribution < -0.4 is 0 Å². The first kappa shape index (κ1) is 20.0. The molecule has 7 heteroatoms. The van der Waals surface area contributed by atoms with E-state index in [4.69, 9.17) is 9.26 Å². The van der Waals surface area contributed by atoms with Gasteiger partial charge in [-0.1, -0.05) is 49.3 Å². The molecule has 2 aromatic rings. The molecule has 2 heterocycles. The minimum absolute atomic E-state index is 0.0590. The molecule has 0 N–H and O–H groups in total. The van der Waals surface area contributed by atoms with E-state index in [-0.39, 0.29) is 23.6 Å². The van der Waals surface area contributed by atoms with Crippen LogP contribution in [0.2, 0.25) is 0 Å². The molecular weight excluding hydrogens is 358 g/mol. The number of aromatic nitrogens is 2. The van der Waals surface area contributed by atoms with Gasteiger partial charge in [0.25, 0.3) is 5.89 Å². The largest absolute Gasteiger partial charge is 0.447 e. The molecule has 2 atom stereocenters. The van der Waals surface area contributed by atoms with E-state index in [9.17, 15) is 9.59 Å². The smallest absolute Gasteiger partial charge is 0.303 e. The number of esters is 1. The summed E-state index contributed by atoms with van der Waals surface area (Å²) in [5.74, 6) is 0.878. The van der Waals surface area contributed by atoms with E-state index in [1.807, 2.05) is 49.1 Å². The van der Waals surface area contributed by atoms with Gasteiger partial charge in [-0.3, -0.25) is 9.59 Å². The lowest BCUT2D eigenvalue weighted by molar-refractivity contribution is -0.145. The standard InChI is InChI=1S/C21H27N3O4/c1-4-14(2)21(26)24-12-10-17(11-13-24)19-22-20(28-23-19)18(27-15(3)25)16-8-6-5-7-9-16/h5-9,14,17-18H,4,10-13H2,1-3H3/t14-,18-/m0/s1. The average Bonchev–Trinajstić information content (AvgIpc) is 3.21. The van der Waals surface area contributed by atoms with Crippen LogP contribution in [0.1, 0.15) is 69.3 Å². The van der Waals surface area contributed by atoms with Gasteiger partial charge in [0, 0.05) is 37.4 Å². The third-order valence-corrected chi connectivity index (χ3v) is 5.27. The molecule has 0 aliphatic carbocycles. The molecule has 0 radical (unpaired) electrons. The molecule has 0 unspecified atom stereocenters. The summed E-state index contributed by atoms with van der Waals surface area (Å²) in [6, 6.07) is 9.34. The molecule has 1 aliphatic heterocycles. The first-order valence-electron chi connectivity index (χ1n) is 9.84. The van der Waals surface area contributed by atoms with Crippen LogP contribution in [0.3, 0.4) is 0 Å². The molecule has 28 heavy (non-hydrogen) atoms. The van der Waals surface area contributed by atoms with Gasteiger partial charge in [-0.05, 0) is 19.3 Å². The van der Waals surface area contributed by atoms with Crippen LogP contribution in [0.25, 0.3) is 0 Å². The van der Waals surface area contributed by atoms with E-state index < -0.39 is 12.1 Å². The number of carbonyl (C=O) groups is 2. The Bertz CT molecular complexity index is 797. The van der Waals surface area contributed by atoms with Crippen molar-refractivity contribution in [1.82, 2.24) is 15.0 Å². The van der Waals surface area contributed by atoms with Gasteiger partial charge < -0.3 is 14.2 Å². The zero-order valence-corrected chi connectivity index (χ0v) is 16.6. The van der Waals surface area contributed by atoms with Crippen LogP contribution in [0.15, 0.2) is 34.9 Å². The maximum absolute atomic E-state index is 12.4. The van der Waals surface area contributed by atoms with Gasteiger partial charge in [-0.15, -0.1) is 0 Å². The Labute approximate surface area is 165 Å². The molecule has 0 saturated carbocycles. The van der Waals surface area contributed by atoms with Crippen molar-refractivity contribution in [3.8, 4) is 0 Å². The Balaban J connectivity index is 1.69. The van der Waals surface area contributed by atoms with Crippen molar-refractivity contribution in [2.24, 2.45) is 5.92 Å². The number of hydrogen-bond acceptors (Lipinski definition) is 6. The monoisotopic (exact) mass is 385 g/mol. The summed E-state index contributed by atoms with van der Waals surface area (Å²) in [5, 5.41) is 4.13. The van der Waals surface area contributed by atoms with Crippen molar-refractivity contribution in [1.29, 1.82) is 0 Å². The van der Waals surface area contributed by atoms with Crippen molar-refractivity contribution in [3.63, 3.8) is 0 Å². The molecule has 0 bridgehead atoms. The molecule has 1 aromatic carbocycles. The maximum Gasteiger partial charge on any atom is 0.303 e. The number of hydrogen-bond donors (Lipinski definition) is 0. The van der Waals surface area contributed by atoms with Crippen LogP contribution in [0, 0.1) is 5.92 Å². The van der Waals surface area contributed by atoms with Gasteiger partial charge in [0.15, 0.2) is 5.82 Å². The quantitative estimate of drug-likeness (QED) is 0.708. The first-order chi connectivity index (χ1) is 13.5. The fourth-order valence-electron chi connectivity index (χ4n) is 3.42. The van der Waals surface area contributed by atoms with Gasteiger partial charge in [-0.25, -0.2) is 0 Å². The van der Waals surface area contributed by atoms with Crippen LogP contribution in [0.5, 0.6) is 0 Å². The van der Waals surface area contributed by atoms with Gasteiger partial charge in [-0.2, -0.15) is 4.98 Å². The lowest BCUT2D eigenvalue weighted by atomic mass is 9.95. The van der Waals surface area contributed by atoms with Crippen LogP contribution in [-0.4, -0.2) is 40.0 Å². The molecule has 1 amide bonds. The summed E-state index contributed by atoms with van der Waals surface area (Å²) >= 11 is 0. The molecule has 150 valence electrons. The molecule has 1 saturated heterocycles. The highest BCUT2D eigenvalue weighted by atomic mass is 16.6. The number of piperidine rings is 1. The Kier molecular flexibility index (Phi) is 6.44. The fourth-order valence-corrected chi connectivity index (χ4v) is 3.42. The molecular formula is C21H27N3O4. The highest BCUT2D eigenvalue weighted by Crippen LogP contribution is 2.30. The Morgan fingerprint density at radius 1 is 1.25 bits per heavy atom. The fraction of sp³-hybridized carbons (Fsp3) is 0.524. The predicted octanol–water partition coefficient (Wildman–Crippen LogP) is 3.47. The molecule has 3 rings (SSSR count). The lowest BCUT2D eigenvalue weighted by Crippen LogP contribution is -2.40. The van der Waals surface area contributed by atoms with E-state index in [0.717, 1.165) is 24.8 Å². The second-order valence-corrected chi connectivity index (χ2v) is 7.30. The average molecular weight is 385 g/mol. The third kappa shape index (κ3) is 4.58. The summed E-state index contributed by atoms with van der Waals surface area (Å²) in [6.07, 6.45) is 1.73. The van der Waals surface area contributed by atoms with Gasteiger partial charge in [0.2, 0.25) is 12.0 Å². The number of nitrogens with zero attached hydrogens (tertiary/aromatic N) is 3. The highest BCUT2D eigenvalue weighted by Gasteiger charge is 2.30. The van der Waals surface area contributed by atoms with Crippen molar-refractivity contribution >= 4 is 11.9 Å². The minimum atomic E-state index is -0.716. The zero-order valence-electron chi connectivity index (χ0n) is 16.6. The van der Waals surface area contributed by atoms with Crippen LogP contribution >= 0.6 is 0 Å². The summed E-state index contributed by atoms with van der Waals surface area (Å²) < 4.78 is 10.9. The number of likely N-dealkylation sites (tertiary alicyclic amines) is 1. The van der Waals surface area contributed by atoms with Gasteiger partial charge >= 0.3 is 5.97 Å². The Morgan fingerprint density at radius 2 is 1.93 bits per heavy atom. The van der Waals surface area contributed by atoms with E-state index in [1.54, 1.807) is 0 Å². The van der Waals surface area contributed by atoms with Crippen molar-refractivity contribution in [2.45, 2.75) is 52.1 Å². The molecule has 7 nitrogen and oxygen atoms in total. The summed E-state index contributed by atoms with van der Waals surface area (Å²) in [4.78, 5) is 30.3. The number of rotatable bonds is 6. The summed E-state index contributed by atoms with van der Waals surface area (Å²) in [7, 11) is 0. The zero-order chi connectivity index (χ0) is 20.1. The van der Waals surface area contributed by atoms with Gasteiger partial charge in [0.05, 0.1) is 0 Å². The topological polar surface area (TPSA) is 85.5 Å². The predicted molar refractivity (Wildman–Crippen MR) is 102 cm³/mol. The Morgan fingerprint density at radius 3 is 2.54 bits per heavy atom. The number of ether oxygens (including phenoxy) is 1. The van der Waals surface area contributed by atoms with Crippen molar-refractivity contribution < 1.29 is 18.8 Å². The SMILES string of the molecule is CC[C@H](C)C(=O)N1CCC(c2noc([C@@H](OC(C)=O)c3ccccc3)n2)CC1. The van der Waals surface area contributed by atoms with E-state index in [2.05, 4.69) is 10.1 Å². The molecule has 1 aromatic heterocycles. The van der Waals surface area contributed by atoms with Crippen molar-refractivity contribution in [3.05, 3.63) is 47.6 Å². The Hall–Kier alpha value is -2.70. The van der Waals surface area contributed by atoms with Gasteiger partial charge in [0.1, 0.15) is 0 Å². The normalized spacial score (nSPS) is 17.2. The summed E-state index contributed by atoms with van der Waals surface area (Å²) in [5.41, 5.74) is 0.780. The second kappa shape index (κ2) is 8.99. The summed E-state index contributed by atoms with van der Waals surface area (Å²) in [6.45, 7) is 6.76. The number of benzene rings is 1. The molecule has 0 spiro atoms. The van der Waals surface area contributed by atoms with Crippen molar-refractivity contribution in [2.75, 3.05) is 13.1 Å². The van der Waals surface area contributed by atoms with E-state index in [0.29, 0.717) is 18.9 Å². The molecule has 1 fully saturated rings. The number of carbonyl (C=O) groups excluding carboxylic acids is 2. The van der Waals surface area contributed by atoms with E-state index in [1.165, 1.54) is 6.92 Å². The van der Waals surface area contributed by atoms with Crippen LogP contribution in [0.4, 0.5) is 0 Å². The van der Waals surface area contributed by atoms with E-state index >= 15 is 0 Å². The van der Waals surface area contributed by atoms with Crippen LogP contribution in [-0.2, 0) is 14.3 Å². The second-order valence-electron chi connectivity index (χ2n) is 7.30. The molecule has 1 aliphatic rings. The first-order valence-corrected chi connectivity index (χ1v) is 9.84. The maximum atomic E-state index is 12.4. The minimum Gasteiger partial charge on any atom is -0.447 e.